The van der Waals surface area contributed by atoms with Gasteiger partial charge in [0.1, 0.15) is 29.9 Å². The molecule has 144 valence electrons. The van der Waals surface area contributed by atoms with Crippen LogP contribution in [-0.4, -0.2) is 40.7 Å². The molecular weight excluding hydrogens is 412 g/mol. The number of aromatic nitrogens is 5. The van der Waals surface area contributed by atoms with Crippen molar-refractivity contribution in [3.63, 3.8) is 0 Å². The van der Waals surface area contributed by atoms with E-state index in [2.05, 4.69) is 19.4 Å². The zero-order chi connectivity index (χ0) is 19.4. The van der Waals surface area contributed by atoms with E-state index in [0.29, 0.717) is 10.1 Å². The molecule has 6 nitrogen and oxygen atoms in total. The Morgan fingerprint density at radius 2 is 2.19 bits per heavy atom. The van der Waals surface area contributed by atoms with Gasteiger partial charge in [-0.15, -0.1) is 0 Å². The lowest BCUT2D eigenvalue weighted by Gasteiger charge is -2.33. The van der Waals surface area contributed by atoms with Gasteiger partial charge in [0.2, 0.25) is 0 Å². The number of aliphatic hydroxyl groups is 1. The summed E-state index contributed by atoms with van der Waals surface area (Å²) < 4.78 is 34.2. The van der Waals surface area contributed by atoms with E-state index in [1.165, 1.54) is 46.7 Å². The largest absolute Gasteiger partial charge is 0.382 e. The number of hydrogen-bond donors (Lipinski definition) is 1. The van der Waals surface area contributed by atoms with Gasteiger partial charge in [-0.05, 0) is 30.8 Å². The zero-order valence-electron chi connectivity index (χ0n) is 14.5. The first-order chi connectivity index (χ1) is 12.9. The van der Waals surface area contributed by atoms with E-state index in [1.807, 2.05) is 6.26 Å². The minimum absolute atomic E-state index is 0.00625. The van der Waals surface area contributed by atoms with Gasteiger partial charge >= 0.3 is 0 Å². The molecule has 3 aromatic rings. The van der Waals surface area contributed by atoms with E-state index >= 15 is 0 Å². The van der Waals surface area contributed by atoms with Gasteiger partial charge in [-0.3, -0.25) is 0 Å². The number of thioether (sulfide) groups is 2. The number of rotatable bonds is 8. The maximum absolute atomic E-state index is 14.5. The summed E-state index contributed by atoms with van der Waals surface area (Å²) in [5.74, 6) is -0.104. The van der Waals surface area contributed by atoms with Crippen LogP contribution in [0.5, 0.6) is 0 Å². The third kappa shape index (κ3) is 4.65. The van der Waals surface area contributed by atoms with E-state index < -0.39 is 22.5 Å². The molecule has 1 N–H and O–H groups in total. The molecule has 0 radical (unpaired) electrons. The van der Waals surface area contributed by atoms with Crippen LogP contribution in [0.4, 0.5) is 8.78 Å². The van der Waals surface area contributed by atoms with Crippen LogP contribution in [0.1, 0.15) is 18.3 Å². The lowest BCUT2D eigenvalue weighted by Crippen LogP contribution is -2.41. The number of benzene rings is 1. The van der Waals surface area contributed by atoms with Crippen molar-refractivity contribution in [1.29, 1.82) is 0 Å². The highest BCUT2D eigenvalue weighted by Gasteiger charge is 2.40. The van der Waals surface area contributed by atoms with E-state index in [9.17, 15) is 13.9 Å². The Bertz CT molecular complexity index is 892. The monoisotopic (exact) mass is 429 g/mol. The van der Waals surface area contributed by atoms with Gasteiger partial charge in [0.05, 0.1) is 12.3 Å². The van der Waals surface area contributed by atoms with Crippen LogP contribution in [0, 0.1) is 11.6 Å². The van der Waals surface area contributed by atoms with Crippen molar-refractivity contribution in [1.82, 2.24) is 24.1 Å². The first-order valence-electron chi connectivity index (χ1n) is 7.91. The van der Waals surface area contributed by atoms with Crippen molar-refractivity contribution in [2.24, 2.45) is 0 Å². The molecule has 0 saturated heterocycles. The molecule has 3 rings (SSSR count). The Kier molecular flexibility index (Phi) is 6.45. The smallest absolute Gasteiger partial charge is 0.170 e. The highest BCUT2D eigenvalue weighted by Crippen LogP contribution is 2.39. The average Bonchev–Trinajstić information content (AvgIpc) is 3.27. The van der Waals surface area contributed by atoms with Crippen molar-refractivity contribution in [2.75, 3.05) is 6.26 Å². The first-order valence-corrected chi connectivity index (χ1v) is 11.0. The van der Waals surface area contributed by atoms with Gasteiger partial charge in [-0.1, -0.05) is 17.8 Å². The topological polar surface area (TPSA) is 76.7 Å². The summed E-state index contributed by atoms with van der Waals surface area (Å²) >= 11 is 4.14. The van der Waals surface area contributed by atoms with Crippen LogP contribution in [0.3, 0.4) is 0 Å². The maximum atomic E-state index is 14.5. The predicted octanol–water partition coefficient (Wildman–Crippen LogP) is 3.34. The highest BCUT2D eigenvalue weighted by molar-refractivity contribution is 8.01. The van der Waals surface area contributed by atoms with Gasteiger partial charge in [-0.25, -0.2) is 23.4 Å². The van der Waals surface area contributed by atoms with Crippen molar-refractivity contribution >= 4 is 35.1 Å². The van der Waals surface area contributed by atoms with Crippen LogP contribution in [0.2, 0.25) is 0 Å². The van der Waals surface area contributed by atoms with Crippen molar-refractivity contribution in [2.45, 2.75) is 34.4 Å². The Balaban J connectivity index is 1.92. The van der Waals surface area contributed by atoms with Gasteiger partial charge in [-0.2, -0.15) is 21.2 Å². The third-order valence-corrected chi connectivity index (χ3v) is 6.59. The molecule has 27 heavy (non-hydrogen) atoms. The summed E-state index contributed by atoms with van der Waals surface area (Å²) in [6, 6.07) is 3.15. The quantitative estimate of drug-likeness (QED) is 0.550. The Morgan fingerprint density at radius 3 is 2.85 bits per heavy atom. The molecule has 11 heteroatoms. The molecule has 0 fully saturated rings. The van der Waals surface area contributed by atoms with Crippen LogP contribution >= 0.6 is 35.1 Å². The summed E-state index contributed by atoms with van der Waals surface area (Å²) in [7, 11) is 0. The number of nitrogens with zero attached hydrogens (tertiary/aromatic N) is 5. The molecule has 0 aliphatic heterocycles. The molecule has 0 amide bonds. The molecule has 0 bridgehead atoms. The van der Waals surface area contributed by atoms with E-state index in [-0.39, 0.29) is 12.1 Å². The standard InChI is InChI=1S/C16H17F2N5OS3/c1-10(26-15-21-14(6-25-2)22-27-15)16(24,7-23-9-19-8-20-23)12-4-3-11(17)5-13(12)18/h3-5,8-10,24H,6-7H2,1-2H3/t10-,16-/m1/s1. The lowest BCUT2D eigenvalue weighted by molar-refractivity contribution is 0.0133. The molecule has 1 aromatic carbocycles. The summed E-state index contributed by atoms with van der Waals surface area (Å²) in [6.45, 7) is 1.72. The lowest BCUT2D eigenvalue weighted by atomic mass is 9.90. The SMILES string of the molecule is CSCc1nsc(S[C@H](C)[C@](O)(Cn2cncn2)c2ccc(F)cc2F)n1. The molecule has 0 aliphatic carbocycles. The van der Waals surface area contributed by atoms with E-state index in [1.54, 1.807) is 18.7 Å². The van der Waals surface area contributed by atoms with Gasteiger partial charge in [0.15, 0.2) is 10.2 Å². The minimum Gasteiger partial charge on any atom is -0.382 e. The van der Waals surface area contributed by atoms with Crippen molar-refractivity contribution < 1.29 is 13.9 Å². The van der Waals surface area contributed by atoms with Crippen LogP contribution in [-0.2, 0) is 17.9 Å². The minimum atomic E-state index is -1.67. The van der Waals surface area contributed by atoms with E-state index in [0.717, 1.165) is 18.0 Å². The fraction of sp³-hybridized carbons (Fsp3) is 0.375. The van der Waals surface area contributed by atoms with Crippen LogP contribution in [0.15, 0.2) is 35.2 Å². The molecule has 2 heterocycles. The first kappa shape index (κ1) is 20.2. The van der Waals surface area contributed by atoms with Gasteiger partial charge in [0.25, 0.3) is 0 Å². The molecule has 0 aliphatic rings. The number of hydrogen-bond acceptors (Lipinski definition) is 8. The second-order valence-corrected chi connectivity index (χ2v) is 9.02. The molecule has 0 unspecified atom stereocenters. The third-order valence-electron chi connectivity index (χ3n) is 3.94. The maximum Gasteiger partial charge on any atom is 0.170 e. The molecular formula is C16H17F2N5OS3. The Hall–Kier alpha value is -1.56. The molecule has 0 spiro atoms. The van der Waals surface area contributed by atoms with Crippen LogP contribution in [0.25, 0.3) is 0 Å². The Morgan fingerprint density at radius 1 is 1.37 bits per heavy atom. The zero-order valence-corrected chi connectivity index (χ0v) is 17.0. The molecule has 0 saturated carbocycles. The Labute approximate surface area is 167 Å². The van der Waals surface area contributed by atoms with Gasteiger partial charge < -0.3 is 5.11 Å². The van der Waals surface area contributed by atoms with Crippen LogP contribution < -0.4 is 0 Å². The molecule has 2 aromatic heterocycles. The summed E-state index contributed by atoms with van der Waals surface area (Å²) in [4.78, 5) is 8.29. The van der Waals surface area contributed by atoms with E-state index in [4.69, 9.17) is 0 Å². The fourth-order valence-electron chi connectivity index (χ4n) is 2.56. The van der Waals surface area contributed by atoms with Crippen molar-refractivity contribution in [3.05, 3.63) is 53.9 Å². The van der Waals surface area contributed by atoms with Gasteiger partial charge in [0, 0.05) is 16.9 Å². The number of halogens is 2. The second-order valence-electron chi connectivity index (χ2n) is 5.81. The van der Waals surface area contributed by atoms with Crippen molar-refractivity contribution in [3.8, 4) is 0 Å². The summed E-state index contributed by atoms with van der Waals surface area (Å²) in [6.07, 6.45) is 4.73. The summed E-state index contributed by atoms with van der Waals surface area (Å²) in [5.41, 5.74) is -1.67. The predicted molar refractivity (Wildman–Crippen MR) is 103 cm³/mol. The highest BCUT2D eigenvalue weighted by atomic mass is 32.2. The molecule has 2 atom stereocenters. The second kappa shape index (κ2) is 8.63. The summed E-state index contributed by atoms with van der Waals surface area (Å²) in [5, 5.41) is 14.9. The average molecular weight is 430 g/mol. The fourth-order valence-corrected chi connectivity index (χ4v) is 5.03. The normalized spacial score (nSPS) is 14.9.